The first kappa shape index (κ1) is 69.3. The third-order valence-corrected chi connectivity index (χ3v) is 15.2. The van der Waals surface area contributed by atoms with Gasteiger partial charge in [0.05, 0.1) is 61.7 Å². The van der Waals surface area contributed by atoms with Crippen LogP contribution in [0.4, 0.5) is 9.59 Å². The monoisotopic (exact) mass is 1260 g/mol. The Hall–Kier alpha value is -9.21. The van der Waals surface area contributed by atoms with Gasteiger partial charge in [-0.2, -0.15) is 0 Å². The van der Waals surface area contributed by atoms with E-state index in [0.29, 0.717) is 12.8 Å². The van der Waals surface area contributed by atoms with Gasteiger partial charge in [-0.3, -0.25) is 14.4 Å². The number of esters is 3. The number of aliphatic hydroxyl groups is 3. The number of benzene rings is 4. The molecule has 484 valence electrons. The standard InChI is InChI=1S/C33H39N7O10.C27H33N7O7/c1-20(41)46-28-15-14-25(18-40(17-23-10-6-4-7-11-23)33(44)45-19-24-12-8-5-9-13-24)49-32(28)50-30-27(37-39-35)16-26(36-38-34)29(47-21(2)42)31(30)48-22(3)43;28-32-30-20-13-21(31-33-29)25(24(37)23(20)36)41-26-22(35)12-11-19(40-26)15-34(14-17-7-3-1-4-8-17)27(38)39-16-18-9-5-2-6-10-18/h4-13,25-32H,14-19H2,1-3H3;1-10,19-26,35-37H,11-16H2/t25-,26+,27-,28?,29-,30?,31+,32?;19-,20+,21-,22+,23-,24+,25+,26+/m00/s1. The number of rotatable bonds is 23. The summed E-state index contributed by atoms with van der Waals surface area (Å²) in [6, 6.07) is 33.1. The summed E-state index contributed by atoms with van der Waals surface area (Å²) in [7, 11) is 0. The molecule has 0 bridgehead atoms. The highest BCUT2D eigenvalue weighted by Gasteiger charge is 2.52. The van der Waals surface area contributed by atoms with Crippen molar-refractivity contribution in [2.45, 2.75) is 183 Å². The molecule has 4 aliphatic rings. The molecule has 0 spiro atoms. The molecule has 2 aliphatic carbocycles. The average molecular weight is 1260 g/mol. The van der Waals surface area contributed by atoms with E-state index < -0.39 is 128 Å². The second-order valence-electron chi connectivity index (χ2n) is 21.8. The van der Waals surface area contributed by atoms with Crippen molar-refractivity contribution in [3.05, 3.63) is 185 Å². The zero-order chi connectivity index (χ0) is 65.2. The first-order valence-corrected chi connectivity index (χ1v) is 29.3. The number of nitrogens with zero attached hydrogens (tertiary/aromatic N) is 14. The number of azide groups is 4. The Bertz CT molecular complexity index is 3220. The lowest BCUT2D eigenvalue weighted by atomic mass is 9.84. The molecule has 2 saturated heterocycles. The molecule has 2 heterocycles. The van der Waals surface area contributed by atoms with Crippen LogP contribution in [0.2, 0.25) is 0 Å². The van der Waals surface area contributed by atoms with Crippen molar-refractivity contribution in [1.82, 2.24) is 9.80 Å². The molecule has 4 fully saturated rings. The summed E-state index contributed by atoms with van der Waals surface area (Å²) in [5.41, 5.74) is 39.8. The smallest absolute Gasteiger partial charge is 0.410 e. The molecular formula is C60H72N14O17. The Morgan fingerprint density at radius 2 is 0.857 bits per heavy atom. The quantitative estimate of drug-likeness (QED) is 0.0205. The van der Waals surface area contributed by atoms with Crippen LogP contribution in [0.1, 0.15) is 81.5 Å². The van der Waals surface area contributed by atoms with E-state index in [1.54, 1.807) is 0 Å². The van der Waals surface area contributed by atoms with Crippen LogP contribution < -0.4 is 0 Å². The Kier molecular flexibility index (Phi) is 26.8. The predicted octanol–water partition coefficient (Wildman–Crippen LogP) is 8.83. The van der Waals surface area contributed by atoms with E-state index in [1.807, 2.05) is 121 Å². The second-order valence-corrected chi connectivity index (χ2v) is 21.8. The molecule has 3 N–H and O–H groups in total. The van der Waals surface area contributed by atoms with E-state index in [0.717, 1.165) is 36.1 Å². The molecule has 16 atom stereocenters. The van der Waals surface area contributed by atoms with Crippen molar-refractivity contribution in [1.29, 1.82) is 0 Å². The molecule has 2 saturated carbocycles. The van der Waals surface area contributed by atoms with Crippen molar-refractivity contribution in [2.24, 2.45) is 20.5 Å². The maximum absolute atomic E-state index is 13.4. The van der Waals surface area contributed by atoms with Crippen LogP contribution in [0.15, 0.2) is 142 Å². The minimum atomic E-state index is -1.58. The van der Waals surface area contributed by atoms with Crippen molar-refractivity contribution in [2.75, 3.05) is 13.1 Å². The van der Waals surface area contributed by atoms with Crippen LogP contribution >= 0.6 is 0 Å². The summed E-state index contributed by atoms with van der Waals surface area (Å²) in [5, 5.41) is 46.4. The molecule has 2 aliphatic heterocycles. The average Bonchev–Trinajstić information content (AvgIpc) is 0.831. The van der Waals surface area contributed by atoms with Gasteiger partial charge in [-0.15, -0.1) is 0 Å². The van der Waals surface area contributed by atoms with Crippen molar-refractivity contribution in [3.63, 3.8) is 0 Å². The fraction of sp³-hybridized carbons (Fsp3) is 0.517. The predicted molar refractivity (Wildman–Crippen MR) is 318 cm³/mol. The first-order valence-electron chi connectivity index (χ1n) is 29.3. The highest BCUT2D eigenvalue weighted by molar-refractivity contribution is 5.69. The van der Waals surface area contributed by atoms with E-state index >= 15 is 0 Å². The number of ether oxygens (including phenoxy) is 9. The van der Waals surface area contributed by atoms with E-state index in [9.17, 15) is 50.4 Å². The Morgan fingerprint density at radius 1 is 0.473 bits per heavy atom. The van der Waals surface area contributed by atoms with Crippen molar-refractivity contribution >= 4 is 30.1 Å². The number of carbonyl (C=O) groups excluding carboxylic acids is 5. The highest BCUT2D eigenvalue weighted by atomic mass is 16.7. The van der Waals surface area contributed by atoms with Crippen LogP contribution in [-0.4, -0.2) is 166 Å². The number of carbonyl (C=O) groups is 5. The van der Waals surface area contributed by atoms with Gasteiger partial charge < -0.3 is 67.8 Å². The topological polar surface area (TPSA) is 431 Å². The Morgan fingerprint density at radius 3 is 1.32 bits per heavy atom. The van der Waals surface area contributed by atoms with Crippen LogP contribution in [-0.2, 0) is 83.3 Å². The lowest BCUT2D eigenvalue weighted by Crippen LogP contribution is -2.60. The fourth-order valence-electron chi connectivity index (χ4n) is 11.0. The zero-order valence-corrected chi connectivity index (χ0v) is 50.1. The summed E-state index contributed by atoms with van der Waals surface area (Å²) in [6.45, 7) is 4.27. The Labute approximate surface area is 522 Å². The highest BCUT2D eigenvalue weighted by Crippen LogP contribution is 2.37. The molecule has 4 aromatic rings. The summed E-state index contributed by atoms with van der Waals surface area (Å²) in [6.07, 6.45) is -14.2. The van der Waals surface area contributed by atoms with E-state index in [1.165, 1.54) is 16.7 Å². The molecular weight excluding hydrogens is 1190 g/mol. The van der Waals surface area contributed by atoms with Gasteiger partial charge in [0, 0.05) is 53.5 Å². The number of aliphatic hydroxyl groups excluding tert-OH is 3. The minimum Gasteiger partial charge on any atom is -0.458 e. The number of hydrogen-bond donors (Lipinski definition) is 3. The molecule has 4 aromatic carbocycles. The van der Waals surface area contributed by atoms with E-state index in [-0.39, 0.29) is 65.1 Å². The molecule has 91 heavy (non-hydrogen) atoms. The van der Waals surface area contributed by atoms with Gasteiger partial charge in [-0.25, -0.2) is 9.59 Å². The molecule has 31 nitrogen and oxygen atoms in total. The molecule has 8 rings (SSSR count). The Balaban J connectivity index is 0.000000263. The summed E-state index contributed by atoms with van der Waals surface area (Å²) in [5.74, 6) is -2.16. The lowest BCUT2D eigenvalue weighted by Gasteiger charge is -2.45. The van der Waals surface area contributed by atoms with Gasteiger partial charge in [-0.1, -0.05) is 142 Å². The van der Waals surface area contributed by atoms with Gasteiger partial charge in [0.2, 0.25) is 0 Å². The number of amides is 2. The molecule has 3 unspecified atom stereocenters. The molecule has 31 heteroatoms. The third-order valence-electron chi connectivity index (χ3n) is 15.2. The van der Waals surface area contributed by atoms with Gasteiger partial charge in [0.15, 0.2) is 24.8 Å². The fourth-order valence-corrected chi connectivity index (χ4v) is 11.0. The summed E-state index contributed by atoms with van der Waals surface area (Å²) < 4.78 is 52.4. The molecule has 2 amide bonds. The summed E-state index contributed by atoms with van der Waals surface area (Å²) in [4.78, 5) is 77.3. The second kappa shape index (κ2) is 35.3. The molecule has 0 radical (unpaired) electrons. The maximum atomic E-state index is 13.4. The van der Waals surface area contributed by atoms with Crippen LogP contribution in [0, 0.1) is 0 Å². The summed E-state index contributed by atoms with van der Waals surface area (Å²) >= 11 is 0. The van der Waals surface area contributed by atoms with Gasteiger partial charge >= 0.3 is 30.1 Å². The van der Waals surface area contributed by atoms with Crippen molar-refractivity contribution in [3.8, 4) is 0 Å². The van der Waals surface area contributed by atoms with E-state index in [4.69, 9.17) is 53.7 Å². The minimum absolute atomic E-state index is 0.0527. The zero-order valence-electron chi connectivity index (χ0n) is 50.1. The normalized spacial score (nSPS) is 27.5. The van der Waals surface area contributed by atoms with E-state index in [2.05, 4.69) is 40.1 Å². The van der Waals surface area contributed by atoms with Gasteiger partial charge in [0.1, 0.15) is 37.6 Å². The largest absolute Gasteiger partial charge is 0.458 e. The molecule has 0 aromatic heterocycles. The maximum Gasteiger partial charge on any atom is 0.410 e. The number of hydrogen-bond acceptors (Lipinski definition) is 21. The van der Waals surface area contributed by atoms with Gasteiger partial charge in [-0.05, 0) is 82.9 Å². The van der Waals surface area contributed by atoms with Crippen LogP contribution in [0.5, 0.6) is 0 Å². The van der Waals surface area contributed by atoms with Gasteiger partial charge in [0.25, 0.3) is 0 Å². The SMILES string of the molecule is CC(=O)OC1CC[C@@H](CN(Cc2ccccc2)C(=O)OCc2ccccc2)OC1OC1[C@@H](N=[N+]=[N-])C[C@@H](N=[N+]=[N-])[C@H](OC(C)=O)[C@H]1OC(C)=O.[N-]=[N+]=N[C@H]1C[C@@H](N=[N+]=[N-])[C@H](O)[C@@H](O)[C@@H]1O[C@H]1O[C@H](CN(Cc2ccccc2)C(=O)OCc2ccccc2)CC[C@H]1O. The third kappa shape index (κ3) is 20.9. The van der Waals surface area contributed by atoms with Crippen LogP contribution in [0.25, 0.3) is 41.8 Å². The first-order chi connectivity index (χ1) is 44.0. The van der Waals surface area contributed by atoms with Crippen LogP contribution in [0.3, 0.4) is 0 Å². The lowest BCUT2D eigenvalue weighted by molar-refractivity contribution is -0.285. The van der Waals surface area contributed by atoms with Crippen molar-refractivity contribution < 1.29 is 81.9 Å².